The highest BCUT2D eigenvalue weighted by molar-refractivity contribution is 5.75. The zero-order chi connectivity index (χ0) is 19.8. The van der Waals surface area contributed by atoms with Gasteiger partial charge in [-0.1, -0.05) is 44.2 Å². The SMILES string of the molecule is CCCCCCCCNc1ccc(-c2noc([C@@H]3CCN(C(=N)N)C3)n2)cn1. The topological polar surface area (TPSA) is 117 Å². The standard InChI is InChI=1S/C20H31N7O/c1-2-3-4-5-6-7-11-23-17-9-8-15(13-24-17)18-25-19(28-26-18)16-10-12-27(14-16)20(21)22/h8-9,13,16H,2-7,10-12,14H2,1H3,(H3,21,22)(H,23,24)/t16-/m1/s1. The maximum absolute atomic E-state index is 7.52. The van der Waals surface area contributed by atoms with E-state index in [1.54, 1.807) is 6.20 Å². The van der Waals surface area contributed by atoms with Crippen LogP contribution in [0.5, 0.6) is 0 Å². The molecular weight excluding hydrogens is 354 g/mol. The Morgan fingerprint density at radius 2 is 2.11 bits per heavy atom. The summed E-state index contributed by atoms with van der Waals surface area (Å²) in [6.45, 7) is 4.58. The van der Waals surface area contributed by atoms with Gasteiger partial charge in [0, 0.05) is 31.4 Å². The molecule has 0 aromatic carbocycles. The first-order valence-corrected chi connectivity index (χ1v) is 10.3. The first-order valence-electron chi connectivity index (χ1n) is 10.3. The summed E-state index contributed by atoms with van der Waals surface area (Å²) >= 11 is 0. The lowest BCUT2D eigenvalue weighted by atomic mass is 10.1. The molecule has 0 saturated carbocycles. The third-order valence-electron chi connectivity index (χ3n) is 5.18. The van der Waals surface area contributed by atoms with E-state index in [1.807, 2.05) is 17.0 Å². The van der Waals surface area contributed by atoms with Crippen LogP contribution in [0.4, 0.5) is 5.82 Å². The van der Waals surface area contributed by atoms with Crippen molar-refractivity contribution >= 4 is 11.8 Å². The molecule has 3 rings (SSSR count). The number of nitrogens with one attached hydrogen (secondary N) is 2. The molecule has 2 aromatic heterocycles. The Morgan fingerprint density at radius 3 is 2.82 bits per heavy atom. The van der Waals surface area contributed by atoms with Crippen LogP contribution in [0.2, 0.25) is 0 Å². The van der Waals surface area contributed by atoms with Gasteiger partial charge in [-0.05, 0) is 25.0 Å². The van der Waals surface area contributed by atoms with Crippen molar-refractivity contribution in [1.29, 1.82) is 5.41 Å². The average molecular weight is 386 g/mol. The third kappa shape index (κ3) is 5.43. The predicted molar refractivity (Wildman–Crippen MR) is 110 cm³/mol. The zero-order valence-corrected chi connectivity index (χ0v) is 16.7. The fourth-order valence-electron chi connectivity index (χ4n) is 3.45. The summed E-state index contributed by atoms with van der Waals surface area (Å²) in [5.74, 6) is 2.23. The minimum atomic E-state index is 0.0930. The Hall–Kier alpha value is -2.64. The molecular formula is C20H31N7O. The van der Waals surface area contributed by atoms with Crippen LogP contribution in [0.15, 0.2) is 22.9 Å². The molecule has 1 saturated heterocycles. The van der Waals surface area contributed by atoms with Gasteiger partial charge in [-0.25, -0.2) is 4.98 Å². The molecule has 1 fully saturated rings. The van der Waals surface area contributed by atoms with Crippen LogP contribution in [0.1, 0.15) is 63.7 Å². The lowest BCUT2D eigenvalue weighted by molar-refractivity contribution is 0.354. The quantitative estimate of drug-likeness (QED) is 0.325. The molecule has 152 valence electrons. The smallest absolute Gasteiger partial charge is 0.231 e. The van der Waals surface area contributed by atoms with Crippen molar-refractivity contribution in [3.05, 3.63) is 24.2 Å². The predicted octanol–water partition coefficient (Wildman–Crippen LogP) is 3.59. The number of nitrogens with zero attached hydrogens (tertiary/aromatic N) is 4. The summed E-state index contributed by atoms with van der Waals surface area (Å²) in [6, 6.07) is 3.91. The molecule has 0 unspecified atom stereocenters. The van der Waals surface area contributed by atoms with Crippen molar-refractivity contribution < 1.29 is 4.52 Å². The largest absolute Gasteiger partial charge is 0.370 e. The van der Waals surface area contributed by atoms with Gasteiger partial charge in [-0.3, -0.25) is 5.41 Å². The van der Waals surface area contributed by atoms with Crippen LogP contribution in [0, 0.1) is 5.41 Å². The van der Waals surface area contributed by atoms with Crippen molar-refractivity contribution in [3.8, 4) is 11.4 Å². The Balaban J connectivity index is 1.46. The van der Waals surface area contributed by atoms with E-state index in [2.05, 4.69) is 27.4 Å². The molecule has 0 spiro atoms. The molecule has 4 N–H and O–H groups in total. The number of nitrogens with two attached hydrogens (primary N) is 1. The van der Waals surface area contributed by atoms with Gasteiger partial charge in [-0.15, -0.1) is 0 Å². The Morgan fingerprint density at radius 1 is 1.29 bits per heavy atom. The lowest BCUT2D eigenvalue weighted by Gasteiger charge is -2.14. The van der Waals surface area contributed by atoms with E-state index in [4.69, 9.17) is 15.7 Å². The number of unbranched alkanes of at least 4 members (excludes halogenated alkanes) is 5. The summed E-state index contributed by atoms with van der Waals surface area (Å²) in [4.78, 5) is 10.8. The highest BCUT2D eigenvalue weighted by atomic mass is 16.5. The number of hydrogen-bond donors (Lipinski definition) is 3. The minimum absolute atomic E-state index is 0.0930. The number of hydrogen-bond acceptors (Lipinski definition) is 6. The van der Waals surface area contributed by atoms with Gasteiger partial charge in [0.1, 0.15) is 5.82 Å². The first kappa shape index (κ1) is 20.1. The van der Waals surface area contributed by atoms with E-state index in [0.717, 1.165) is 30.9 Å². The second-order valence-electron chi connectivity index (χ2n) is 7.40. The molecule has 1 aliphatic heterocycles. The van der Waals surface area contributed by atoms with E-state index < -0.39 is 0 Å². The fraction of sp³-hybridized carbons (Fsp3) is 0.600. The Labute approximate surface area is 166 Å². The van der Waals surface area contributed by atoms with Crippen LogP contribution < -0.4 is 11.1 Å². The number of pyridine rings is 1. The van der Waals surface area contributed by atoms with Crippen LogP contribution in [0.3, 0.4) is 0 Å². The van der Waals surface area contributed by atoms with E-state index in [0.29, 0.717) is 18.3 Å². The van der Waals surface area contributed by atoms with Crippen molar-refractivity contribution in [2.75, 3.05) is 25.0 Å². The molecule has 1 atom stereocenters. The van der Waals surface area contributed by atoms with E-state index in [1.165, 1.54) is 38.5 Å². The van der Waals surface area contributed by atoms with Gasteiger partial charge in [0.05, 0.1) is 5.92 Å². The maximum Gasteiger partial charge on any atom is 0.231 e. The van der Waals surface area contributed by atoms with Crippen LogP contribution in [-0.2, 0) is 0 Å². The van der Waals surface area contributed by atoms with Gasteiger partial charge >= 0.3 is 0 Å². The summed E-state index contributed by atoms with van der Waals surface area (Å²) in [6.07, 6.45) is 10.3. The summed E-state index contributed by atoms with van der Waals surface area (Å²) < 4.78 is 5.44. The molecule has 8 nitrogen and oxygen atoms in total. The first-order chi connectivity index (χ1) is 13.7. The van der Waals surface area contributed by atoms with Crippen LogP contribution in [0.25, 0.3) is 11.4 Å². The number of aromatic nitrogens is 3. The van der Waals surface area contributed by atoms with Gasteiger partial charge in [0.15, 0.2) is 5.96 Å². The van der Waals surface area contributed by atoms with Gasteiger partial charge in [0.25, 0.3) is 0 Å². The zero-order valence-electron chi connectivity index (χ0n) is 16.7. The second kappa shape index (κ2) is 10.1. The van der Waals surface area contributed by atoms with Crippen molar-refractivity contribution in [2.45, 2.75) is 57.8 Å². The van der Waals surface area contributed by atoms with E-state index in [9.17, 15) is 0 Å². The molecule has 2 aromatic rings. The highest BCUT2D eigenvalue weighted by Crippen LogP contribution is 2.27. The summed E-state index contributed by atoms with van der Waals surface area (Å²) in [7, 11) is 0. The number of anilines is 1. The highest BCUT2D eigenvalue weighted by Gasteiger charge is 2.29. The average Bonchev–Trinajstić information content (AvgIpc) is 3.37. The number of guanidine groups is 1. The molecule has 0 amide bonds. The monoisotopic (exact) mass is 385 g/mol. The minimum Gasteiger partial charge on any atom is -0.370 e. The Bertz CT molecular complexity index is 743. The maximum atomic E-state index is 7.52. The third-order valence-corrected chi connectivity index (χ3v) is 5.18. The number of rotatable bonds is 10. The molecule has 28 heavy (non-hydrogen) atoms. The van der Waals surface area contributed by atoms with Gasteiger partial charge in [0.2, 0.25) is 11.7 Å². The van der Waals surface area contributed by atoms with Crippen LogP contribution in [-0.4, -0.2) is 45.6 Å². The van der Waals surface area contributed by atoms with Crippen molar-refractivity contribution in [3.63, 3.8) is 0 Å². The second-order valence-corrected chi connectivity index (χ2v) is 7.40. The van der Waals surface area contributed by atoms with Gasteiger partial charge < -0.3 is 20.5 Å². The fourth-order valence-corrected chi connectivity index (χ4v) is 3.45. The van der Waals surface area contributed by atoms with Gasteiger partial charge in [-0.2, -0.15) is 4.98 Å². The summed E-state index contributed by atoms with van der Waals surface area (Å²) in [5.41, 5.74) is 6.38. The Kier molecular flexibility index (Phi) is 7.22. The van der Waals surface area contributed by atoms with Crippen molar-refractivity contribution in [1.82, 2.24) is 20.0 Å². The van der Waals surface area contributed by atoms with E-state index >= 15 is 0 Å². The molecule has 3 heterocycles. The molecule has 0 aliphatic carbocycles. The van der Waals surface area contributed by atoms with E-state index in [-0.39, 0.29) is 11.9 Å². The van der Waals surface area contributed by atoms with Crippen molar-refractivity contribution in [2.24, 2.45) is 5.73 Å². The molecule has 1 aliphatic rings. The molecule has 0 radical (unpaired) electrons. The number of likely N-dealkylation sites (tertiary alicyclic amines) is 1. The van der Waals surface area contributed by atoms with Crippen LogP contribution >= 0.6 is 0 Å². The molecule has 0 bridgehead atoms. The lowest BCUT2D eigenvalue weighted by Crippen LogP contribution is -2.34. The summed E-state index contributed by atoms with van der Waals surface area (Å²) in [5, 5.41) is 15.0. The normalized spacial score (nSPS) is 16.5. The molecule has 8 heteroatoms.